The summed E-state index contributed by atoms with van der Waals surface area (Å²) < 4.78 is 37.9. The molecule has 0 aliphatic heterocycles. The van der Waals surface area contributed by atoms with Crippen molar-refractivity contribution in [3.05, 3.63) is 48.5 Å². The molecule has 7 heteroatoms. The van der Waals surface area contributed by atoms with Crippen LogP contribution < -0.4 is 14.2 Å². The van der Waals surface area contributed by atoms with E-state index in [1.807, 2.05) is 23.8 Å². The number of halogens is 1. The number of nitrogens with zero attached hydrogens (tertiary/aromatic N) is 2. The van der Waals surface area contributed by atoms with Crippen LogP contribution in [0.3, 0.4) is 0 Å². The SMILES string of the molecule is COc1ccc(-c2cc(-c3nccn3CC(C)OC)c(OC)cc2OC)cc1F. The maximum Gasteiger partial charge on any atom is 0.165 e. The Morgan fingerprint density at radius 1 is 0.931 bits per heavy atom. The minimum atomic E-state index is -0.445. The van der Waals surface area contributed by atoms with Crippen LogP contribution in [-0.2, 0) is 11.3 Å². The number of methoxy groups -OCH3 is 4. The summed E-state index contributed by atoms with van der Waals surface area (Å²) in [6.45, 7) is 2.62. The molecular weight excluding hydrogens is 375 g/mol. The van der Waals surface area contributed by atoms with Crippen LogP contribution in [0.4, 0.5) is 4.39 Å². The molecular formula is C22H25FN2O4. The molecule has 0 radical (unpaired) electrons. The van der Waals surface area contributed by atoms with E-state index in [-0.39, 0.29) is 11.9 Å². The third-order valence-electron chi connectivity index (χ3n) is 4.80. The van der Waals surface area contributed by atoms with Gasteiger partial charge < -0.3 is 23.5 Å². The van der Waals surface area contributed by atoms with E-state index in [1.54, 1.807) is 45.7 Å². The summed E-state index contributed by atoms with van der Waals surface area (Å²) in [5, 5.41) is 0. The summed E-state index contributed by atoms with van der Waals surface area (Å²) in [5.41, 5.74) is 2.15. The molecule has 1 atom stereocenters. The van der Waals surface area contributed by atoms with Gasteiger partial charge in [-0.25, -0.2) is 9.37 Å². The van der Waals surface area contributed by atoms with Gasteiger partial charge >= 0.3 is 0 Å². The lowest BCUT2D eigenvalue weighted by Crippen LogP contribution is -2.15. The Kier molecular flexibility index (Phi) is 6.39. The van der Waals surface area contributed by atoms with Gasteiger partial charge in [0.2, 0.25) is 0 Å². The fourth-order valence-electron chi connectivity index (χ4n) is 3.19. The Balaban J connectivity index is 2.16. The standard InChI is InChI=1S/C22H25FN2O4/c1-14(26-2)13-25-9-8-24-22(25)17-11-16(20(28-4)12-21(17)29-5)15-6-7-19(27-3)18(23)10-15/h6-12,14H,13H2,1-5H3. The molecule has 1 unspecified atom stereocenters. The zero-order valence-electron chi connectivity index (χ0n) is 17.2. The monoisotopic (exact) mass is 400 g/mol. The van der Waals surface area contributed by atoms with Crippen molar-refractivity contribution in [2.24, 2.45) is 0 Å². The third kappa shape index (κ3) is 4.19. The number of hydrogen-bond acceptors (Lipinski definition) is 5. The molecule has 3 rings (SSSR count). The van der Waals surface area contributed by atoms with Gasteiger partial charge in [-0.3, -0.25) is 0 Å². The van der Waals surface area contributed by atoms with Crippen LogP contribution in [0.25, 0.3) is 22.5 Å². The van der Waals surface area contributed by atoms with E-state index in [2.05, 4.69) is 4.98 Å². The minimum Gasteiger partial charge on any atom is -0.496 e. The molecule has 0 N–H and O–H groups in total. The number of rotatable bonds is 8. The van der Waals surface area contributed by atoms with E-state index in [9.17, 15) is 4.39 Å². The first-order chi connectivity index (χ1) is 14.0. The lowest BCUT2D eigenvalue weighted by Gasteiger charge is -2.17. The maximum absolute atomic E-state index is 14.3. The fourth-order valence-corrected chi connectivity index (χ4v) is 3.19. The highest BCUT2D eigenvalue weighted by molar-refractivity contribution is 5.80. The van der Waals surface area contributed by atoms with Gasteiger partial charge in [0, 0.05) is 31.1 Å². The molecule has 1 heterocycles. The second-order valence-electron chi connectivity index (χ2n) is 6.55. The van der Waals surface area contributed by atoms with E-state index in [1.165, 1.54) is 13.2 Å². The molecule has 0 bridgehead atoms. The van der Waals surface area contributed by atoms with Gasteiger partial charge in [-0.2, -0.15) is 0 Å². The number of ether oxygens (including phenoxy) is 4. The van der Waals surface area contributed by atoms with E-state index >= 15 is 0 Å². The second-order valence-corrected chi connectivity index (χ2v) is 6.55. The number of aromatic nitrogens is 2. The van der Waals surface area contributed by atoms with Gasteiger partial charge in [0.15, 0.2) is 11.6 Å². The van der Waals surface area contributed by atoms with Crippen LogP contribution in [0.1, 0.15) is 6.92 Å². The maximum atomic E-state index is 14.3. The lowest BCUT2D eigenvalue weighted by molar-refractivity contribution is 0.103. The Morgan fingerprint density at radius 2 is 1.62 bits per heavy atom. The molecule has 2 aromatic carbocycles. The smallest absolute Gasteiger partial charge is 0.165 e. The Labute approximate surface area is 169 Å². The molecule has 0 saturated heterocycles. The largest absolute Gasteiger partial charge is 0.496 e. The molecule has 0 saturated carbocycles. The molecule has 1 aromatic heterocycles. The zero-order chi connectivity index (χ0) is 21.0. The van der Waals surface area contributed by atoms with Crippen molar-refractivity contribution in [2.75, 3.05) is 28.4 Å². The summed E-state index contributed by atoms with van der Waals surface area (Å²) in [6.07, 6.45) is 3.64. The number of benzene rings is 2. The summed E-state index contributed by atoms with van der Waals surface area (Å²) >= 11 is 0. The summed E-state index contributed by atoms with van der Waals surface area (Å²) in [6, 6.07) is 8.48. The molecule has 29 heavy (non-hydrogen) atoms. The van der Waals surface area contributed by atoms with Gasteiger partial charge in [-0.1, -0.05) is 6.07 Å². The van der Waals surface area contributed by atoms with Crippen molar-refractivity contribution in [3.63, 3.8) is 0 Å². The average Bonchev–Trinajstić information content (AvgIpc) is 3.20. The lowest BCUT2D eigenvalue weighted by atomic mass is 10.00. The molecule has 0 fully saturated rings. The van der Waals surface area contributed by atoms with Crippen LogP contribution in [0.15, 0.2) is 42.7 Å². The van der Waals surface area contributed by atoms with Crippen LogP contribution in [-0.4, -0.2) is 44.1 Å². The average molecular weight is 400 g/mol. The predicted molar refractivity (Wildman–Crippen MR) is 109 cm³/mol. The molecule has 0 spiro atoms. The van der Waals surface area contributed by atoms with E-state index in [4.69, 9.17) is 18.9 Å². The zero-order valence-corrected chi connectivity index (χ0v) is 17.2. The molecule has 0 aliphatic rings. The first-order valence-corrected chi connectivity index (χ1v) is 9.16. The quantitative estimate of drug-likeness (QED) is 0.560. The number of imidazole rings is 1. The highest BCUT2D eigenvalue weighted by Crippen LogP contribution is 2.41. The summed E-state index contributed by atoms with van der Waals surface area (Å²) in [4.78, 5) is 4.51. The van der Waals surface area contributed by atoms with Gasteiger partial charge in [0.05, 0.1) is 39.5 Å². The second kappa shape index (κ2) is 8.96. The normalized spacial score (nSPS) is 11.9. The first kappa shape index (κ1) is 20.7. The van der Waals surface area contributed by atoms with Crippen molar-refractivity contribution in [1.29, 1.82) is 0 Å². The van der Waals surface area contributed by atoms with Crippen molar-refractivity contribution >= 4 is 0 Å². The Morgan fingerprint density at radius 3 is 2.24 bits per heavy atom. The van der Waals surface area contributed by atoms with Gasteiger partial charge in [-0.05, 0) is 30.7 Å². The van der Waals surface area contributed by atoms with E-state index in [0.717, 1.165) is 17.0 Å². The molecule has 6 nitrogen and oxygen atoms in total. The van der Waals surface area contributed by atoms with Gasteiger partial charge in [0.25, 0.3) is 0 Å². The van der Waals surface area contributed by atoms with Crippen LogP contribution in [0, 0.1) is 5.82 Å². The van der Waals surface area contributed by atoms with Crippen LogP contribution in [0.2, 0.25) is 0 Å². The highest BCUT2D eigenvalue weighted by Gasteiger charge is 2.19. The Hall–Kier alpha value is -3.06. The predicted octanol–water partition coefficient (Wildman–Crippen LogP) is 4.42. The van der Waals surface area contributed by atoms with Crippen molar-refractivity contribution in [1.82, 2.24) is 9.55 Å². The topological polar surface area (TPSA) is 54.7 Å². The summed E-state index contributed by atoms with van der Waals surface area (Å²) in [7, 11) is 6.27. The number of hydrogen-bond donors (Lipinski definition) is 0. The summed E-state index contributed by atoms with van der Waals surface area (Å²) in [5.74, 6) is 1.64. The highest BCUT2D eigenvalue weighted by atomic mass is 19.1. The van der Waals surface area contributed by atoms with E-state index in [0.29, 0.717) is 23.6 Å². The molecule has 154 valence electrons. The third-order valence-corrected chi connectivity index (χ3v) is 4.80. The fraction of sp³-hybridized carbons (Fsp3) is 0.318. The van der Waals surface area contributed by atoms with Crippen LogP contribution >= 0.6 is 0 Å². The molecule has 0 amide bonds. The molecule has 0 aliphatic carbocycles. The van der Waals surface area contributed by atoms with Crippen molar-refractivity contribution in [2.45, 2.75) is 19.6 Å². The van der Waals surface area contributed by atoms with E-state index < -0.39 is 5.82 Å². The van der Waals surface area contributed by atoms with Gasteiger partial charge in [-0.15, -0.1) is 0 Å². The first-order valence-electron chi connectivity index (χ1n) is 9.16. The Bertz CT molecular complexity index is 987. The minimum absolute atomic E-state index is 0.0161. The van der Waals surface area contributed by atoms with Crippen molar-refractivity contribution < 1.29 is 23.3 Å². The molecule has 3 aromatic rings. The van der Waals surface area contributed by atoms with Gasteiger partial charge in [0.1, 0.15) is 17.3 Å². The van der Waals surface area contributed by atoms with Crippen LogP contribution in [0.5, 0.6) is 17.2 Å². The van der Waals surface area contributed by atoms with Crippen molar-refractivity contribution in [3.8, 4) is 39.8 Å².